The number of nitrogens with two attached hydrogens (primary N) is 2. The number of halogens is 2. The summed E-state index contributed by atoms with van der Waals surface area (Å²) in [7, 11) is 0. The van der Waals surface area contributed by atoms with E-state index >= 15 is 4.39 Å². The summed E-state index contributed by atoms with van der Waals surface area (Å²) in [6, 6.07) is 14.1. The van der Waals surface area contributed by atoms with Crippen LogP contribution in [0.4, 0.5) is 25.0 Å². The van der Waals surface area contributed by atoms with Gasteiger partial charge in [0.2, 0.25) is 35.4 Å². The van der Waals surface area contributed by atoms with Crippen molar-refractivity contribution in [3.05, 3.63) is 102 Å². The Morgan fingerprint density at radius 1 is 0.877 bits per heavy atom. The number of urea groups is 1. The van der Waals surface area contributed by atoms with Gasteiger partial charge in [-0.05, 0) is 85.5 Å². The minimum atomic E-state index is -1.19. The molecule has 6 atom stereocenters. The van der Waals surface area contributed by atoms with Crippen molar-refractivity contribution in [2.45, 2.75) is 111 Å². The van der Waals surface area contributed by atoms with Gasteiger partial charge in [-0.15, -0.1) is 0 Å². The molecule has 1 aliphatic heterocycles. The van der Waals surface area contributed by atoms with Gasteiger partial charge in [0.05, 0.1) is 23.7 Å². The summed E-state index contributed by atoms with van der Waals surface area (Å²) in [6.07, 6.45) is 1.60. The van der Waals surface area contributed by atoms with Crippen LogP contribution in [0.5, 0.6) is 0 Å². The molecule has 5 rings (SSSR count). The SMILES string of the molecule is CC(C)C(NC(=O)CCNC(=O)[C@@H](N)CCN(C(=O)CO)[C@@H](c1nc(-c2cc(F)ccc2F)cn1Cc1ccccc1)C(C)(C)C)C(=O)N[C@@H](CCCNC(N)=O)C(=O)Nc1ccc(N2C(=O)[C@@H](C)C2C)cc1. The van der Waals surface area contributed by atoms with Crippen molar-refractivity contribution >= 4 is 52.8 Å². The van der Waals surface area contributed by atoms with Crippen LogP contribution < -0.4 is 43.0 Å². The molecule has 2 heterocycles. The van der Waals surface area contributed by atoms with Gasteiger partial charge in [0.25, 0.3) is 0 Å². The fourth-order valence-corrected chi connectivity index (χ4v) is 8.59. The first-order valence-electron chi connectivity index (χ1n) is 24.4. The van der Waals surface area contributed by atoms with Gasteiger partial charge in [0.1, 0.15) is 36.1 Å². The van der Waals surface area contributed by atoms with Gasteiger partial charge in [-0.2, -0.15) is 0 Å². The van der Waals surface area contributed by atoms with Crippen LogP contribution >= 0.6 is 0 Å². The number of carbonyl (C=O) groups excluding carboxylic acids is 7. The highest BCUT2D eigenvalue weighted by Crippen LogP contribution is 2.40. The Labute approximate surface area is 424 Å². The number of imidazole rings is 1. The van der Waals surface area contributed by atoms with Crippen molar-refractivity contribution < 1.29 is 47.4 Å². The number of aromatic nitrogens is 2. The third-order valence-corrected chi connectivity index (χ3v) is 12.7. The second kappa shape index (κ2) is 25.4. The Kier molecular flexibility index (Phi) is 19.7. The minimum Gasteiger partial charge on any atom is -0.387 e. The molecule has 0 radical (unpaired) electrons. The van der Waals surface area contributed by atoms with E-state index in [0.717, 1.165) is 23.8 Å². The van der Waals surface area contributed by atoms with Crippen molar-refractivity contribution in [1.29, 1.82) is 0 Å². The lowest BCUT2D eigenvalue weighted by atomic mass is 9.84. The lowest BCUT2D eigenvalue weighted by Gasteiger charge is -2.43. The van der Waals surface area contributed by atoms with Gasteiger partial charge >= 0.3 is 6.03 Å². The molecule has 0 saturated carbocycles. The molecule has 1 fully saturated rings. The monoisotopic (exact) mass is 1010 g/mol. The molecule has 0 aliphatic carbocycles. The lowest BCUT2D eigenvalue weighted by molar-refractivity contribution is -0.140. The van der Waals surface area contributed by atoms with Crippen molar-refractivity contribution in [2.24, 2.45) is 28.7 Å². The van der Waals surface area contributed by atoms with Crippen molar-refractivity contribution in [3.8, 4) is 11.3 Å². The Bertz CT molecular complexity index is 2590. The first kappa shape index (κ1) is 56.7. The van der Waals surface area contributed by atoms with Crippen LogP contribution in [0.3, 0.4) is 0 Å². The van der Waals surface area contributed by atoms with Crippen LogP contribution in [0.1, 0.15) is 91.6 Å². The van der Waals surface area contributed by atoms with Gasteiger partial charge in [-0.1, -0.05) is 71.9 Å². The second-order valence-corrected chi connectivity index (χ2v) is 19.7. The van der Waals surface area contributed by atoms with E-state index in [1.807, 2.05) is 65.0 Å². The highest BCUT2D eigenvalue weighted by Gasteiger charge is 2.42. The van der Waals surface area contributed by atoms with Gasteiger partial charge in [-0.25, -0.2) is 18.6 Å². The maximum Gasteiger partial charge on any atom is 0.312 e. The van der Waals surface area contributed by atoms with E-state index in [1.54, 1.807) is 53.8 Å². The Morgan fingerprint density at radius 3 is 2.18 bits per heavy atom. The highest BCUT2D eigenvalue weighted by atomic mass is 19.1. The van der Waals surface area contributed by atoms with Crippen LogP contribution in [0.25, 0.3) is 11.3 Å². The van der Waals surface area contributed by atoms with E-state index in [9.17, 15) is 43.1 Å². The van der Waals surface area contributed by atoms with Crippen LogP contribution in [0, 0.1) is 28.9 Å². The number of rotatable bonds is 24. The molecule has 73 heavy (non-hydrogen) atoms. The smallest absolute Gasteiger partial charge is 0.312 e. The Balaban J connectivity index is 1.21. The van der Waals surface area contributed by atoms with Crippen LogP contribution in [0.2, 0.25) is 0 Å². The average Bonchev–Trinajstić information content (AvgIpc) is 3.75. The number of aliphatic hydroxyl groups excluding tert-OH is 1. The lowest BCUT2D eigenvalue weighted by Crippen LogP contribution is -2.58. The van der Waals surface area contributed by atoms with Crippen LogP contribution in [-0.2, 0) is 35.3 Å². The highest BCUT2D eigenvalue weighted by molar-refractivity contribution is 6.03. The van der Waals surface area contributed by atoms with Gasteiger partial charge < -0.3 is 57.5 Å². The third-order valence-electron chi connectivity index (χ3n) is 12.7. The standard InChI is InChI=1S/C52H69F2N11O8/c1-30(2)44(49(71)61-40(14-11-23-58-51(56)73)48(70)59-35-16-18-36(19-17-35)65-32(4)31(3)50(65)72)62-42(67)21-24-57-47(69)39(55)22-25-64(43(68)29-66)45(52(5,6)7)46-60-41(37-26-34(53)15-20-38(37)54)28-63(46)27-33-12-9-8-10-13-33/h8-10,12-13,15-20,26,28,30-32,39-40,44-45,66H,11,14,21-25,27,29,55H2,1-7H3,(H,57,69)(H,59,70)(H,61,71)(H,62,67)(H3,56,58,73)/t31-,32?,39-,40-,44?,45-/m0/s1. The molecule has 10 N–H and O–H groups in total. The van der Waals surface area contributed by atoms with Crippen molar-refractivity contribution in [1.82, 2.24) is 35.7 Å². The molecular formula is C52H69F2N11O8. The quantitative estimate of drug-likeness (QED) is 0.0368. The molecule has 2 unspecified atom stereocenters. The topological polar surface area (TPSA) is 276 Å². The molecule has 4 aromatic rings. The number of primary amides is 1. The van der Waals surface area contributed by atoms with E-state index in [1.165, 1.54) is 4.90 Å². The van der Waals surface area contributed by atoms with Crippen molar-refractivity contribution in [2.75, 3.05) is 36.5 Å². The van der Waals surface area contributed by atoms with Crippen molar-refractivity contribution in [3.63, 3.8) is 0 Å². The first-order chi connectivity index (χ1) is 34.5. The molecule has 1 aromatic heterocycles. The minimum absolute atomic E-state index is 0.000397. The molecule has 8 amide bonds. The van der Waals surface area contributed by atoms with E-state index in [0.29, 0.717) is 17.2 Å². The summed E-state index contributed by atoms with van der Waals surface area (Å²) in [5.74, 6) is -4.72. The molecule has 0 bridgehead atoms. The van der Waals surface area contributed by atoms with Gasteiger partial charge in [0, 0.05) is 61.8 Å². The van der Waals surface area contributed by atoms with E-state index in [4.69, 9.17) is 16.5 Å². The molecule has 1 saturated heterocycles. The van der Waals surface area contributed by atoms with E-state index in [-0.39, 0.29) is 81.0 Å². The maximum atomic E-state index is 15.1. The summed E-state index contributed by atoms with van der Waals surface area (Å²) in [5, 5.41) is 23.5. The number of nitrogens with zero attached hydrogens (tertiary/aromatic N) is 4. The number of benzene rings is 3. The molecule has 0 spiro atoms. The summed E-state index contributed by atoms with van der Waals surface area (Å²) >= 11 is 0. The largest absolute Gasteiger partial charge is 0.387 e. The number of carbonyl (C=O) groups is 7. The number of anilines is 2. The third kappa shape index (κ3) is 15.1. The Morgan fingerprint density at radius 2 is 1.56 bits per heavy atom. The first-order valence-corrected chi connectivity index (χ1v) is 24.4. The molecular weight excluding hydrogens is 945 g/mol. The predicted molar refractivity (Wildman–Crippen MR) is 271 cm³/mol. The number of aliphatic hydroxyl groups is 1. The summed E-state index contributed by atoms with van der Waals surface area (Å²) < 4.78 is 31.3. The molecule has 3 aromatic carbocycles. The number of hydrogen-bond acceptors (Lipinski definition) is 10. The number of nitrogens with one attached hydrogen (secondary N) is 5. The van der Waals surface area contributed by atoms with Gasteiger partial charge in [-0.3, -0.25) is 28.8 Å². The Hall–Kier alpha value is -7.26. The van der Waals surface area contributed by atoms with E-state index in [2.05, 4.69) is 26.6 Å². The predicted octanol–water partition coefficient (Wildman–Crippen LogP) is 4.09. The van der Waals surface area contributed by atoms with Crippen LogP contribution in [-0.4, -0.2) is 111 Å². The maximum absolute atomic E-state index is 15.1. The zero-order chi connectivity index (χ0) is 53.7. The fourth-order valence-electron chi connectivity index (χ4n) is 8.59. The fraction of sp³-hybridized carbons (Fsp3) is 0.462. The molecule has 1 aliphatic rings. The number of β-lactam (4-membered cyclic amide) rings is 1. The summed E-state index contributed by atoms with van der Waals surface area (Å²) in [5.41, 5.74) is 12.8. The second-order valence-electron chi connectivity index (χ2n) is 19.7. The average molecular weight is 1010 g/mol. The zero-order valence-corrected chi connectivity index (χ0v) is 42.4. The molecule has 19 nitrogen and oxygen atoms in total. The normalized spacial score (nSPS) is 16.1. The molecule has 21 heteroatoms. The zero-order valence-electron chi connectivity index (χ0n) is 42.4. The summed E-state index contributed by atoms with van der Waals surface area (Å²) in [6.45, 7) is 12.0. The van der Waals surface area contributed by atoms with E-state index < -0.39 is 89.3 Å². The number of hydrogen-bond donors (Lipinski definition) is 8. The molecule has 394 valence electrons. The summed E-state index contributed by atoms with van der Waals surface area (Å²) in [4.78, 5) is 99.1. The van der Waals surface area contributed by atoms with Crippen LogP contribution in [0.15, 0.2) is 79.0 Å². The van der Waals surface area contributed by atoms with Gasteiger partial charge in [0.15, 0.2) is 0 Å². The number of amides is 8.